The van der Waals surface area contributed by atoms with Crippen molar-refractivity contribution in [1.29, 1.82) is 5.26 Å². The molecule has 186 valence electrons. The van der Waals surface area contributed by atoms with Crippen LogP contribution in [0.1, 0.15) is 59.7 Å². The van der Waals surface area contributed by atoms with Crippen LogP contribution in [0.3, 0.4) is 0 Å². The predicted octanol–water partition coefficient (Wildman–Crippen LogP) is 5.06. The number of nitriles is 1. The van der Waals surface area contributed by atoms with Crippen molar-refractivity contribution in [1.82, 2.24) is 9.88 Å². The van der Waals surface area contributed by atoms with Crippen LogP contribution in [0.25, 0.3) is 0 Å². The molecule has 2 aromatic heterocycles. The Morgan fingerprint density at radius 3 is 2.78 bits per heavy atom. The molecule has 0 bridgehead atoms. The van der Waals surface area contributed by atoms with Gasteiger partial charge in [-0.1, -0.05) is 25.1 Å². The summed E-state index contributed by atoms with van der Waals surface area (Å²) in [5.41, 5.74) is 3.55. The summed E-state index contributed by atoms with van der Waals surface area (Å²) in [6.45, 7) is 5.54. The van der Waals surface area contributed by atoms with Crippen molar-refractivity contribution in [3.05, 3.63) is 75.9 Å². The summed E-state index contributed by atoms with van der Waals surface area (Å²) in [6, 6.07) is 13.9. The maximum atomic E-state index is 12.9. The number of ether oxygens (including phenoxy) is 1. The van der Waals surface area contributed by atoms with Gasteiger partial charge in [-0.25, -0.2) is 0 Å². The molecule has 7 nitrogen and oxygen atoms in total. The number of nitrogens with one attached hydrogen (secondary N) is 1. The Balaban J connectivity index is 1.40. The molecule has 0 radical (unpaired) electrons. The first-order chi connectivity index (χ1) is 17.5. The second kappa shape index (κ2) is 11.8. The Bertz CT molecular complexity index is 1270. The zero-order valence-corrected chi connectivity index (χ0v) is 21.4. The van der Waals surface area contributed by atoms with Gasteiger partial charge in [-0.05, 0) is 60.6 Å². The summed E-state index contributed by atoms with van der Waals surface area (Å²) in [6.07, 6.45) is 5.46. The van der Waals surface area contributed by atoms with Crippen molar-refractivity contribution in [2.45, 2.75) is 52.0 Å². The number of carbonyl (C=O) groups is 2. The SMILES string of the molecule is CCOc1ccccc1[C@@H](C)CC(=O)Nc1sc2c(c1C#N)CCN(C(=O)CCc1ccncc1)C2. The zero-order valence-electron chi connectivity index (χ0n) is 20.6. The van der Waals surface area contributed by atoms with Crippen molar-refractivity contribution in [3.8, 4) is 11.8 Å². The highest BCUT2D eigenvalue weighted by atomic mass is 32.1. The van der Waals surface area contributed by atoms with Crippen LogP contribution in [-0.4, -0.2) is 34.8 Å². The Hall–Kier alpha value is -3.70. The number of carbonyl (C=O) groups excluding carboxylic acids is 2. The maximum Gasteiger partial charge on any atom is 0.225 e. The number of anilines is 1. The summed E-state index contributed by atoms with van der Waals surface area (Å²) in [5.74, 6) is 0.700. The molecule has 1 aromatic carbocycles. The lowest BCUT2D eigenvalue weighted by Gasteiger charge is -2.27. The monoisotopic (exact) mass is 502 g/mol. The molecule has 2 amide bonds. The van der Waals surface area contributed by atoms with Crippen LogP contribution in [0, 0.1) is 11.3 Å². The fraction of sp³-hybridized carbons (Fsp3) is 0.357. The molecule has 0 aliphatic carbocycles. The average molecular weight is 503 g/mol. The number of hydrogen-bond donors (Lipinski definition) is 1. The Morgan fingerprint density at radius 2 is 2.03 bits per heavy atom. The number of aromatic nitrogens is 1. The molecule has 4 rings (SSSR count). The lowest BCUT2D eigenvalue weighted by Crippen LogP contribution is -2.35. The quantitative estimate of drug-likeness (QED) is 0.441. The Morgan fingerprint density at radius 1 is 1.25 bits per heavy atom. The van der Waals surface area contributed by atoms with Crippen molar-refractivity contribution < 1.29 is 14.3 Å². The van der Waals surface area contributed by atoms with Crippen molar-refractivity contribution >= 4 is 28.2 Å². The van der Waals surface area contributed by atoms with Gasteiger partial charge >= 0.3 is 0 Å². The van der Waals surface area contributed by atoms with E-state index >= 15 is 0 Å². The van der Waals surface area contributed by atoms with Gasteiger partial charge in [0.25, 0.3) is 0 Å². The van der Waals surface area contributed by atoms with Crippen molar-refractivity contribution in [2.24, 2.45) is 0 Å². The number of para-hydroxylation sites is 1. The van der Waals surface area contributed by atoms with Gasteiger partial charge in [0.15, 0.2) is 0 Å². The topological polar surface area (TPSA) is 95.3 Å². The molecule has 1 aliphatic rings. The van der Waals surface area contributed by atoms with Crippen molar-refractivity contribution in [3.63, 3.8) is 0 Å². The normalized spacial score (nSPS) is 13.4. The van der Waals surface area contributed by atoms with Gasteiger partial charge in [-0.15, -0.1) is 11.3 Å². The second-order valence-electron chi connectivity index (χ2n) is 8.86. The molecule has 0 saturated heterocycles. The van der Waals surface area contributed by atoms with Gasteiger partial charge in [-0.2, -0.15) is 5.26 Å². The molecule has 0 saturated carbocycles. The van der Waals surface area contributed by atoms with E-state index in [-0.39, 0.29) is 24.2 Å². The van der Waals surface area contributed by atoms with Crippen LogP contribution in [-0.2, 0) is 29.0 Å². The number of hydrogen-bond acceptors (Lipinski definition) is 6. The minimum absolute atomic E-state index is 0.0404. The van der Waals surface area contributed by atoms with E-state index in [1.807, 2.05) is 55.1 Å². The zero-order chi connectivity index (χ0) is 25.5. The average Bonchev–Trinajstić information content (AvgIpc) is 3.24. The molecule has 8 heteroatoms. The Labute approximate surface area is 215 Å². The molecule has 0 fully saturated rings. The van der Waals surface area contributed by atoms with Crippen LogP contribution >= 0.6 is 11.3 Å². The fourth-order valence-corrected chi connectivity index (χ4v) is 5.75. The van der Waals surface area contributed by atoms with Gasteiger partial charge in [0.2, 0.25) is 11.8 Å². The summed E-state index contributed by atoms with van der Waals surface area (Å²) in [5, 5.41) is 13.4. The predicted molar refractivity (Wildman–Crippen MR) is 140 cm³/mol. The molecular weight excluding hydrogens is 472 g/mol. The highest BCUT2D eigenvalue weighted by molar-refractivity contribution is 7.16. The third-order valence-electron chi connectivity index (χ3n) is 6.39. The highest BCUT2D eigenvalue weighted by Gasteiger charge is 2.27. The van der Waals surface area contributed by atoms with E-state index in [0.717, 1.165) is 27.3 Å². The summed E-state index contributed by atoms with van der Waals surface area (Å²) in [4.78, 5) is 32.6. The molecule has 36 heavy (non-hydrogen) atoms. The van der Waals surface area contributed by atoms with Crippen LogP contribution in [0.5, 0.6) is 5.75 Å². The maximum absolute atomic E-state index is 12.9. The van der Waals surface area contributed by atoms with Gasteiger partial charge < -0.3 is 15.0 Å². The molecular formula is C28H30N4O3S. The van der Waals surface area contributed by atoms with E-state index in [0.29, 0.717) is 49.5 Å². The smallest absolute Gasteiger partial charge is 0.225 e. The fourth-order valence-electron chi connectivity index (χ4n) is 4.52. The number of nitrogens with zero attached hydrogens (tertiary/aromatic N) is 3. The molecule has 1 aliphatic heterocycles. The van der Waals surface area contributed by atoms with E-state index in [1.165, 1.54) is 11.3 Å². The summed E-state index contributed by atoms with van der Waals surface area (Å²) in [7, 11) is 0. The van der Waals surface area contributed by atoms with E-state index < -0.39 is 0 Å². The third-order valence-corrected chi connectivity index (χ3v) is 7.52. The first kappa shape index (κ1) is 25.4. The van der Waals surface area contributed by atoms with Gasteiger partial charge in [0, 0.05) is 36.7 Å². The highest BCUT2D eigenvalue weighted by Crippen LogP contribution is 2.37. The minimum Gasteiger partial charge on any atom is -0.494 e. The summed E-state index contributed by atoms with van der Waals surface area (Å²) < 4.78 is 5.71. The lowest BCUT2D eigenvalue weighted by atomic mass is 9.96. The number of fused-ring (bicyclic) bond motifs is 1. The number of aryl methyl sites for hydroxylation is 1. The first-order valence-electron chi connectivity index (χ1n) is 12.2. The minimum atomic E-state index is -0.144. The van der Waals surface area contributed by atoms with Crippen LogP contribution in [0.15, 0.2) is 48.8 Å². The molecule has 3 aromatic rings. The van der Waals surface area contributed by atoms with E-state index in [1.54, 1.807) is 12.4 Å². The van der Waals surface area contributed by atoms with Crippen LogP contribution in [0.2, 0.25) is 0 Å². The molecule has 0 unspecified atom stereocenters. The first-order valence-corrected chi connectivity index (χ1v) is 13.0. The second-order valence-corrected chi connectivity index (χ2v) is 9.97. The summed E-state index contributed by atoms with van der Waals surface area (Å²) >= 11 is 1.40. The number of thiophene rings is 1. The largest absolute Gasteiger partial charge is 0.494 e. The van der Waals surface area contributed by atoms with Gasteiger partial charge in [-0.3, -0.25) is 14.6 Å². The standard InChI is InChI=1S/C28H30N4O3S/c1-3-35-24-7-5-4-6-21(24)19(2)16-26(33)31-28-23(17-29)22-12-15-32(18-25(22)36-28)27(34)9-8-20-10-13-30-14-11-20/h4-7,10-11,13-14,19H,3,8-9,12,15-16,18H2,1-2H3,(H,31,33)/t19-/m0/s1. The van der Waals surface area contributed by atoms with Crippen LogP contribution in [0.4, 0.5) is 5.00 Å². The third kappa shape index (κ3) is 5.92. The van der Waals surface area contributed by atoms with E-state index in [4.69, 9.17) is 4.74 Å². The van der Waals surface area contributed by atoms with E-state index in [9.17, 15) is 14.9 Å². The number of benzene rings is 1. The molecule has 0 spiro atoms. The van der Waals surface area contributed by atoms with Gasteiger partial charge in [0.05, 0.1) is 18.7 Å². The van der Waals surface area contributed by atoms with Crippen molar-refractivity contribution in [2.75, 3.05) is 18.5 Å². The molecule has 3 heterocycles. The van der Waals surface area contributed by atoms with Gasteiger partial charge in [0.1, 0.15) is 16.8 Å². The Kier molecular flexibility index (Phi) is 8.34. The number of amides is 2. The number of rotatable bonds is 9. The number of pyridine rings is 1. The lowest BCUT2D eigenvalue weighted by molar-refractivity contribution is -0.132. The van der Waals surface area contributed by atoms with Crippen LogP contribution < -0.4 is 10.1 Å². The molecule has 1 atom stereocenters. The van der Waals surface area contributed by atoms with E-state index in [2.05, 4.69) is 16.4 Å². The molecule has 1 N–H and O–H groups in total.